The lowest BCUT2D eigenvalue weighted by Crippen LogP contribution is -2.31. The maximum atomic E-state index is 12.9. The van der Waals surface area contributed by atoms with Gasteiger partial charge in [-0.15, -0.1) is 0 Å². The maximum Gasteiger partial charge on any atom is 0.255 e. The second kappa shape index (κ2) is 9.75. The highest BCUT2D eigenvalue weighted by atomic mass is 16.5. The molecule has 0 saturated heterocycles. The van der Waals surface area contributed by atoms with Gasteiger partial charge < -0.3 is 20.1 Å². The Morgan fingerprint density at radius 2 is 1.86 bits per heavy atom. The van der Waals surface area contributed by atoms with Gasteiger partial charge in [0.15, 0.2) is 0 Å². The number of rotatable bonds is 9. The van der Waals surface area contributed by atoms with Crippen molar-refractivity contribution in [1.29, 1.82) is 0 Å². The second-order valence-electron chi connectivity index (χ2n) is 6.35. The fraction of sp³-hybridized carbons (Fsp3) is 0.273. The smallest absolute Gasteiger partial charge is 0.255 e. The molecule has 2 aromatic carbocycles. The number of carbonyl (C=O) groups excluding carboxylic acids is 1. The summed E-state index contributed by atoms with van der Waals surface area (Å²) in [6, 6.07) is 15.1. The van der Waals surface area contributed by atoms with Crippen molar-refractivity contribution in [3.63, 3.8) is 0 Å². The first-order valence-electron chi connectivity index (χ1n) is 9.54. The molecule has 3 aromatic rings. The molecule has 0 fully saturated rings. The van der Waals surface area contributed by atoms with E-state index >= 15 is 0 Å². The zero-order chi connectivity index (χ0) is 20.6. The number of methoxy groups -OCH3 is 2. The number of likely N-dealkylation sites (N-methyl/N-ethyl adjacent to an activating group) is 1. The summed E-state index contributed by atoms with van der Waals surface area (Å²) in [5.74, 6) is 1.08. The molecule has 0 atom stereocenters. The number of para-hydroxylation sites is 1. The fourth-order valence-corrected chi connectivity index (χ4v) is 2.98. The SMILES string of the molecule is CCNCCNC(=O)c1cn(-c2ccccc2)nc1-c1ccc(OC)cc1OC. The molecule has 152 valence electrons. The number of hydrogen-bond donors (Lipinski definition) is 2. The van der Waals surface area contributed by atoms with E-state index in [2.05, 4.69) is 10.6 Å². The number of nitrogens with one attached hydrogen (secondary N) is 2. The van der Waals surface area contributed by atoms with Gasteiger partial charge in [0.2, 0.25) is 0 Å². The Morgan fingerprint density at radius 1 is 1.07 bits per heavy atom. The van der Waals surface area contributed by atoms with Crippen LogP contribution in [-0.4, -0.2) is 49.5 Å². The zero-order valence-electron chi connectivity index (χ0n) is 16.9. The number of aromatic nitrogens is 2. The monoisotopic (exact) mass is 394 g/mol. The summed E-state index contributed by atoms with van der Waals surface area (Å²) in [4.78, 5) is 12.9. The molecule has 2 N–H and O–H groups in total. The summed E-state index contributed by atoms with van der Waals surface area (Å²) in [7, 11) is 3.18. The van der Waals surface area contributed by atoms with Crippen LogP contribution < -0.4 is 20.1 Å². The Morgan fingerprint density at radius 3 is 2.55 bits per heavy atom. The van der Waals surface area contributed by atoms with E-state index in [1.807, 2.05) is 49.4 Å². The van der Waals surface area contributed by atoms with Crippen molar-refractivity contribution in [1.82, 2.24) is 20.4 Å². The summed E-state index contributed by atoms with van der Waals surface area (Å²) < 4.78 is 12.5. The van der Waals surface area contributed by atoms with Crippen LogP contribution in [0, 0.1) is 0 Å². The summed E-state index contributed by atoms with van der Waals surface area (Å²) in [5.41, 5.74) is 2.62. The standard InChI is InChI=1S/C22H26N4O3/c1-4-23-12-13-24-22(27)19-15-26(16-8-6-5-7-9-16)25-21(19)18-11-10-17(28-2)14-20(18)29-3/h5-11,14-15,23H,4,12-13H2,1-3H3,(H,24,27). The molecular weight excluding hydrogens is 368 g/mol. The molecule has 0 aliphatic rings. The quantitative estimate of drug-likeness (QED) is 0.546. The van der Waals surface area contributed by atoms with Gasteiger partial charge in [0.05, 0.1) is 25.5 Å². The Labute approximate surface area is 170 Å². The van der Waals surface area contributed by atoms with Gasteiger partial charge in [0.1, 0.15) is 17.2 Å². The number of benzene rings is 2. The van der Waals surface area contributed by atoms with Crippen LogP contribution in [0.2, 0.25) is 0 Å². The second-order valence-corrected chi connectivity index (χ2v) is 6.35. The Hall–Kier alpha value is -3.32. The van der Waals surface area contributed by atoms with E-state index < -0.39 is 0 Å². The maximum absolute atomic E-state index is 12.9. The van der Waals surface area contributed by atoms with Crippen LogP contribution in [-0.2, 0) is 0 Å². The van der Waals surface area contributed by atoms with Crippen LogP contribution in [0.15, 0.2) is 54.7 Å². The minimum atomic E-state index is -0.182. The van der Waals surface area contributed by atoms with E-state index in [1.165, 1.54) is 0 Å². The first-order chi connectivity index (χ1) is 14.2. The van der Waals surface area contributed by atoms with Gasteiger partial charge in [0, 0.05) is 30.9 Å². The normalized spacial score (nSPS) is 10.6. The van der Waals surface area contributed by atoms with Crippen molar-refractivity contribution in [3.05, 3.63) is 60.3 Å². The highest BCUT2D eigenvalue weighted by Crippen LogP contribution is 2.34. The molecule has 1 heterocycles. The van der Waals surface area contributed by atoms with Crippen molar-refractivity contribution in [2.45, 2.75) is 6.92 Å². The first kappa shape index (κ1) is 20.4. The molecule has 0 bridgehead atoms. The number of hydrogen-bond acceptors (Lipinski definition) is 5. The van der Waals surface area contributed by atoms with Crippen LogP contribution >= 0.6 is 0 Å². The molecule has 0 saturated carbocycles. The van der Waals surface area contributed by atoms with E-state index in [0.29, 0.717) is 35.8 Å². The van der Waals surface area contributed by atoms with Gasteiger partial charge in [-0.05, 0) is 30.8 Å². The lowest BCUT2D eigenvalue weighted by atomic mass is 10.1. The van der Waals surface area contributed by atoms with E-state index in [9.17, 15) is 4.79 Å². The lowest BCUT2D eigenvalue weighted by Gasteiger charge is -2.10. The summed E-state index contributed by atoms with van der Waals surface area (Å²) in [6.07, 6.45) is 1.75. The predicted molar refractivity (Wildman–Crippen MR) is 113 cm³/mol. The van der Waals surface area contributed by atoms with Crippen LogP contribution in [0.3, 0.4) is 0 Å². The van der Waals surface area contributed by atoms with Crippen LogP contribution in [0.4, 0.5) is 0 Å². The van der Waals surface area contributed by atoms with Crippen molar-refractivity contribution < 1.29 is 14.3 Å². The molecule has 7 heteroatoms. The molecular formula is C22H26N4O3. The molecule has 3 rings (SSSR count). The highest BCUT2D eigenvalue weighted by Gasteiger charge is 2.21. The predicted octanol–water partition coefficient (Wildman–Crippen LogP) is 2.90. The van der Waals surface area contributed by atoms with Crippen LogP contribution in [0.25, 0.3) is 16.9 Å². The number of ether oxygens (including phenoxy) is 2. The number of amides is 1. The Bertz CT molecular complexity index is 954. The topological polar surface area (TPSA) is 77.4 Å². The zero-order valence-corrected chi connectivity index (χ0v) is 16.9. The van der Waals surface area contributed by atoms with Gasteiger partial charge in [-0.1, -0.05) is 25.1 Å². The third-order valence-electron chi connectivity index (χ3n) is 4.48. The van der Waals surface area contributed by atoms with E-state index in [1.54, 1.807) is 31.2 Å². The van der Waals surface area contributed by atoms with E-state index in [4.69, 9.17) is 14.6 Å². The summed E-state index contributed by atoms with van der Waals surface area (Å²) in [5, 5.41) is 10.8. The van der Waals surface area contributed by atoms with Crippen LogP contribution in [0.1, 0.15) is 17.3 Å². The molecule has 0 unspecified atom stereocenters. The molecule has 1 aromatic heterocycles. The largest absolute Gasteiger partial charge is 0.497 e. The van der Waals surface area contributed by atoms with Crippen LogP contribution in [0.5, 0.6) is 11.5 Å². The van der Waals surface area contributed by atoms with Gasteiger partial charge in [-0.3, -0.25) is 4.79 Å². The highest BCUT2D eigenvalue weighted by molar-refractivity contribution is 6.00. The minimum absolute atomic E-state index is 0.182. The molecule has 0 radical (unpaired) electrons. The minimum Gasteiger partial charge on any atom is -0.497 e. The third kappa shape index (κ3) is 4.75. The third-order valence-corrected chi connectivity index (χ3v) is 4.48. The Kier molecular flexibility index (Phi) is 6.86. The van der Waals surface area contributed by atoms with Crippen molar-refractivity contribution >= 4 is 5.91 Å². The van der Waals surface area contributed by atoms with Gasteiger partial charge in [-0.2, -0.15) is 5.10 Å². The van der Waals surface area contributed by atoms with Crippen molar-refractivity contribution in [2.24, 2.45) is 0 Å². The molecule has 7 nitrogen and oxygen atoms in total. The van der Waals surface area contributed by atoms with E-state index in [0.717, 1.165) is 17.8 Å². The van der Waals surface area contributed by atoms with Crippen molar-refractivity contribution in [2.75, 3.05) is 33.9 Å². The molecule has 0 aliphatic carbocycles. The number of carbonyl (C=O) groups is 1. The summed E-state index contributed by atoms with van der Waals surface area (Å²) >= 11 is 0. The Balaban J connectivity index is 2.02. The van der Waals surface area contributed by atoms with Gasteiger partial charge in [-0.25, -0.2) is 4.68 Å². The van der Waals surface area contributed by atoms with E-state index in [-0.39, 0.29) is 5.91 Å². The number of nitrogens with zero attached hydrogens (tertiary/aromatic N) is 2. The lowest BCUT2D eigenvalue weighted by molar-refractivity contribution is 0.0954. The molecule has 1 amide bonds. The summed E-state index contributed by atoms with van der Waals surface area (Å²) in [6.45, 7) is 4.12. The average Bonchev–Trinajstić information content (AvgIpc) is 3.22. The fourth-order valence-electron chi connectivity index (χ4n) is 2.98. The van der Waals surface area contributed by atoms with Crippen molar-refractivity contribution in [3.8, 4) is 28.4 Å². The molecule has 0 spiro atoms. The first-order valence-corrected chi connectivity index (χ1v) is 9.54. The molecule has 29 heavy (non-hydrogen) atoms. The van der Waals surface area contributed by atoms with Gasteiger partial charge in [0.25, 0.3) is 5.91 Å². The van der Waals surface area contributed by atoms with Gasteiger partial charge >= 0.3 is 0 Å². The molecule has 0 aliphatic heterocycles. The average molecular weight is 394 g/mol.